The molecule has 2 rings (SSSR count). The van der Waals surface area contributed by atoms with Gasteiger partial charge in [-0.1, -0.05) is 60.7 Å². The molecule has 2 aromatic carbocycles. The average molecular weight is 356 g/mol. The largest absolute Gasteiger partial charge is 0.481 e. The Bertz CT molecular complexity index is 672. The van der Waals surface area contributed by atoms with Crippen molar-refractivity contribution in [3.8, 4) is 0 Å². The lowest BCUT2D eigenvalue weighted by molar-refractivity contribution is -0.137. The van der Waals surface area contributed by atoms with Crippen molar-refractivity contribution >= 4 is 23.5 Å². The summed E-state index contributed by atoms with van der Waals surface area (Å²) in [6, 6.07) is 17.4. The Labute approximate surface area is 151 Å². The maximum Gasteiger partial charge on any atom is 0.303 e. The van der Waals surface area contributed by atoms with Crippen LogP contribution >= 0.6 is 0 Å². The number of carboxylic acids is 2. The summed E-state index contributed by atoms with van der Waals surface area (Å²) in [6.45, 7) is 0. The quantitative estimate of drug-likeness (QED) is 0.701. The normalized spacial score (nSPS) is 9.54. The van der Waals surface area contributed by atoms with Gasteiger partial charge in [-0.2, -0.15) is 0 Å². The Kier molecular flexibility index (Phi) is 9.03. The first-order valence-electron chi connectivity index (χ1n) is 8.00. The number of carboxylic acid groups (broad SMARTS) is 2. The van der Waals surface area contributed by atoms with E-state index >= 15 is 0 Å². The molecule has 26 heavy (non-hydrogen) atoms. The Morgan fingerprint density at radius 1 is 0.538 bits per heavy atom. The van der Waals surface area contributed by atoms with E-state index in [9.17, 15) is 19.2 Å². The van der Waals surface area contributed by atoms with Crippen LogP contribution in [-0.4, -0.2) is 33.7 Å². The molecule has 0 heterocycles. The van der Waals surface area contributed by atoms with Crippen LogP contribution in [0.5, 0.6) is 0 Å². The van der Waals surface area contributed by atoms with Crippen molar-refractivity contribution < 1.29 is 29.4 Å². The third-order valence-corrected chi connectivity index (χ3v) is 3.32. The van der Waals surface area contributed by atoms with Crippen LogP contribution in [0, 0.1) is 0 Å². The highest BCUT2D eigenvalue weighted by Gasteiger charge is 2.07. The minimum absolute atomic E-state index is 0.0688. The Balaban J connectivity index is 0.000000260. The van der Waals surface area contributed by atoms with Crippen molar-refractivity contribution in [1.29, 1.82) is 0 Å². The predicted octanol–water partition coefficient (Wildman–Crippen LogP) is 3.47. The van der Waals surface area contributed by atoms with Crippen LogP contribution in [0.3, 0.4) is 0 Å². The van der Waals surface area contributed by atoms with Crippen molar-refractivity contribution in [2.75, 3.05) is 0 Å². The molecule has 0 aliphatic rings. The van der Waals surface area contributed by atoms with E-state index in [1.54, 1.807) is 48.5 Å². The minimum Gasteiger partial charge on any atom is -0.481 e. The zero-order valence-corrected chi connectivity index (χ0v) is 14.1. The van der Waals surface area contributed by atoms with Crippen LogP contribution in [-0.2, 0) is 9.59 Å². The summed E-state index contributed by atoms with van der Waals surface area (Å²) >= 11 is 0. The highest BCUT2D eigenvalue weighted by molar-refractivity contribution is 5.97. The van der Waals surface area contributed by atoms with Gasteiger partial charge >= 0.3 is 11.9 Å². The summed E-state index contributed by atoms with van der Waals surface area (Å²) < 4.78 is 0. The number of benzene rings is 2. The maximum atomic E-state index is 11.3. The van der Waals surface area contributed by atoms with Gasteiger partial charge in [0.05, 0.1) is 12.8 Å². The molecule has 0 aliphatic carbocycles. The summed E-state index contributed by atoms with van der Waals surface area (Å²) in [5.41, 5.74) is 1.15. The van der Waals surface area contributed by atoms with E-state index < -0.39 is 11.9 Å². The first-order chi connectivity index (χ1) is 12.4. The third-order valence-electron chi connectivity index (χ3n) is 3.32. The maximum absolute atomic E-state index is 11.3. The highest BCUT2D eigenvalue weighted by atomic mass is 16.4. The van der Waals surface area contributed by atoms with Crippen LogP contribution < -0.4 is 0 Å². The first-order valence-corrected chi connectivity index (χ1v) is 8.00. The van der Waals surface area contributed by atoms with E-state index in [0.29, 0.717) is 11.1 Å². The monoisotopic (exact) mass is 356 g/mol. The van der Waals surface area contributed by atoms with E-state index in [4.69, 9.17) is 10.2 Å². The van der Waals surface area contributed by atoms with Crippen LogP contribution in [0.15, 0.2) is 60.7 Å². The zero-order chi connectivity index (χ0) is 19.4. The molecule has 0 atom stereocenters. The molecular weight excluding hydrogens is 336 g/mol. The van der Waals surface area contributed by atoms with Gasteiger partial charge in [-0.05, 0) is 0 Å². The van der Waals surface area contributed by atoms with Gasteiger partial charge in [-0.15, -0.1) is 0 Å². The summed E-state index contributed by atoms with van der Waals surface area (Å²) in [5.74, 6) is -2.13. The molecule has 2 N–H and O–H groups in total. The SMILES string of the molecule is O=C(O)CCC(=O)c1ccccc1.O=C(O)CCC(=O)c1ccccc1. The summed E-state index contributed by atoms with van der Waals surface area (Å²) in [4.78, 5) is 42.9. The van der Waals surface area contributed by atoms with Crippen molar-refractivity contribution in [2.24, 2.45) is 0 Å². The number of rotatable bonds is 8. The lowest BCUT2D eigenvalue weighted by Crippen LogP contribution is -2.03. The highest BCUT2D eigenvalue weighted by Crippen LogP contribution is 2.05. The molecule has 0 bridgehead atoms. The number of hydrogen-bond acceptors (Lipinski definition) is 4. The van der Waals surface area contributed by atoms with Gasteiger partial charge in [0.2, 0.25) is 0 Å². The fraction of sp³-hybridized carbons (Fsp3) is 0.200. The average Bonchev–Trinajstić information content (AvgIpc) is 2.66. The van der Waals surface area contributed by atoms with Crippen LogP contribution in [0.2, 0.25) is 0 Å². The molecule has 2 aromatic rings. The number of Topliss-reactive ketones (excluding diaryl/α,β-unsaturated/α-hetero) is 2. The second-order valence-electron chi connectivity index (χ2n) is 5.37. The number of hydrogen-bond donors (Lipinski definition) is 2. The lowest BCUT2D eigenvalue weighted by Gasteiger charge is -1.97. The van der Waals surface area contributed by atoms with E-state index in [0.717, 1.165) is 0 Å². The Morgan fingerprint density at radius 2 is 0.846 bits per heavy atom. The second kappa shape index (κ2) is 11.3. The van der Waals surface area contributed by atoms with Crippen LogP contribution in [0.1, 0.15) is 46.4 Å². The molecule has 6 nitrogen and oxygen atoms in total. The topological polar surface area (TPSA) is 109 Å². The molecule has 0 aliphatic heterocycles. The number of carbonyl (C=O) groups excluding carboxylic acids is 2. The van der Waals surface area contributed by atoms with Gasteiger partial charge < -0.3 is 10.2 Å². The minimum atomic E-state index is -0.940. The van der Waals surface area contributed by atoms with E-state index in [2.05, 4.69) is 0 Å². The van der Waals surface area contributed by atoms with Crippen LogP contribution in [0.4, 0.5) is 0 Å². The third kappa shape index (κ3) is 8.54. The fourth-order valence-electron chi connectivity index (χ4n) is 1.98. The van der Waals surface area contributed by atoms with E-state index in [1.807, 2.05) is 12.1 Å². The Morgan fingerprint density at radius 3 is 1.12 bits per heavy atom. The molecule has 0 amide bonds. The molecule has 0 aromatic heterocycles. The van der Waals surface area contributed by atoms with Crippen LogP contribution in [0.25, 0.3) is 0 Å². The van der Waals surface area contributed by atoms with Crippen molar-refractivity contribution in [1.82, 2.24) is 0 Å². The molecule has 0 spiro atoms. The molecule has 0 fully saturated rings. The van der Waals surface area contributed by atoms with Gasteiger partial charge in [0.15, 0.2) is 11.6 Å². The molecule has 0 radical (unpaired) electrons. The van der Waals surface area contributed by atoms with Crippen molar-refractivity contribution in [3.05, 3.63) is 71.8 Å². The predicted molar refractivity (Wildman–Crippen MR) is 95.3 cm³/mol. The molecular formula is C20H20O6. The van der Waals surface area contributed by atoms with Crippen molar-refractivity contribution in [2.45, 2.75) is 25.7 Å². The molecule has 0 saturated carbocycles. The summed E-state index contributed by atoms with van der Waals surface area (Å²) in [7, 11) is 0. The van der Waals surface area contributed by atoms with E-state index in [1.165, 1.54) is 0 Å². The zero-order valence-electron chi connectivity index (χ0n) is 14.1. The number of carbonyl (C=O) groups is 4. The molecule has 0 saturated heterocycles. The molecule has 6 heteroatoms. The first kappa shape index (κ1) is 20.8. The molecule has 136 valence electrons. The lowest BCUT2D eigenvalue weighted by atomic mass is 10.1. The van der Waals surface area contributed by atoms with Gasteiger partial charge in [-0.25, -0.2) is 0 Å². The fourth-order valence-corrected chi connectivity index (χ4v) is 1.98. The summed E-state index contributed by atoms with van der Waals surface area (Å²) in [6.07, 6.45) is -0.0693. The standard InChI is InChI=1S/2C10H10O3/c2*11-9(6-7-10(12)13)8-4-2-1-3-5-8/h2*1-5H,6-7H2,(H,12,13). The van der Waals surface area contributed by atoms with Gasteiger partial charge in [0.1, 0.15) is 0 Å². The van der Waals surface area contributed by atoms with Gasteiger partial charge in [0, 0.05) is 24.0 Å². The number of ketones is 2. The smallest absolute Gasteiger partial charge is 0.303 e. The number of aliphatic carboxylic acids is 2. The van der Waals surface area contributed by atoms with Crippen molar-refractivity contribution in [3.63, 3.8) is 0 Å². The van der Waals surface area contributed by atoms with E-state index in [-0.39, 0.29) is 37.2 Å². The second-order valence-corrected chi connectivity index (χ2v) is 5.37. The van der Waals surface area contributed by atoms with Gasteiger partial charge in [0.25, 0.3) is 0 Å². The van der Waals surface area contributed by atoms with Gasteiger partial charge in [-0.3, -0.25) is 19.2 Å². The summed E-state index contributed by atoms with van der Waals surface area (Å²) in [5, 5.41) is 16.7. The molecule has 0 unspecified atom stereocenters. The Hall–Kier alpha value is -3.28.